The number of hydrogen-bond donors (Lipinski definition) is 4. The third-order valence-electron chi connectivity index (χ3n) is 3.07. The van der Waals surface area contributed by atoms with Crippen LogP contribution in [0.3, 0.4) is 0 Å². The Morgan fingerprint density at radius 2 is 1.17 bits per heavy atom. The van der Waals surface area contributed by atoms with Gasteiger partial charge in [-0.1, -0.05) is 64.7 Å². The third kappa shape index (κ3) is 16.1. The molecule has 0 rings (SSSR count). The summed E-state index contributed by atoms with van der Waals surface area (Å²) in [5, 5.41) is 2.86. The van der Waals surface area contributed by atoms with Crippen LogP contribution in [0.25, 0.3) is 0 Å². The van der Waals surface area contributed by atoms with Crippen LogP contribution >= 0.6 is 0 Å². The first kappa shape index (κ1) is 18.1. The van der Waals surface area contributed by atoms with Crippen molar-refractivity contribution < 1.29 is 14.4 Å². The topological polar surface area (TPSA) is 72.7 Å². The molecule has 0 amide bonds. The molecular formula is C13H31NO3Si. The van der Waals surface area contributed by atoms with Crippen molar-refractivity contribution in [3.8, 4) is 0 Å². The quantitative estimate of drug-likeness (QED) is 0.307. The molecule has 0 heterocycles. The predicted molar refractivity (Wildman–Crippen MR) is 77.1 cm³/mol. The van der Waals surface area contributed by atoms with E-state index in [-0.39, 0.29) is 6.17 Å². The van der Waals surface area contributed by atoms with E-state index in [1.807, 2.05) is 0 Å². The number of rotatable bonds is 13. The molecule has 0 aliphatic carbocycles. The van der Waals surface area contributed by atoms with Crippen LogP contribution in [-0.4, -0.2) is 35.9 Å². The summed E-state index contributed by atoms with van der Waals surface area (Å²) >= 11 is 0. The van der Waals surface area contributed by atoms with Crippen LogP contribution in [0.1, 0.15) is 71.1 Å². The van der Waals surface area contributed by atoms with Crippen molar-refractivity contribution in [2.75, 3.05) is 12.7 Å². The SMILES string of the molecule is CCCCCCCCCCCCNC[Si](O)(O)O. The monoisotopic (exact) mass is 277 g/mol. The molecule has 0 spiro atoms. The van der Waals surface area contributed by atoms with Crippen LogP contribution in [0.5, 0.6) is 0 Å². The summed E-state index contributed by atoms with van der Waals surface area (Å²) in [4.78, 5) is 26.3. The van der Waals surface area contributed by atoms with Crippen molar-refractivity contribution >= 4 is 8.80 Å². The molecule has 0 atom stereocenters. The highest BCUT2D eigenvalue weighted by atomic mass is 28.4. The molecule has 0 aliphatic rings. The minimum absolute atomic E-state index is 0.0512. The number of hydrogen-bond acceptors (Lipinski definition) is 4. The van der Waals surface area contributed by atoms with E-state index in [0.29, 0.717) is 0 Å². The van der Waals surface area contributed by atoms with Gasteiger partial charge in [-0.15, -0.1) is 0 Å². The van der Waals surface area contributed by atoms with Crippen molar-refractivity contribution in [2.45, 2.75) is 71.1 Å². The van der Waals surface area contributed by atoms with E-state index in [4.69, 9.17) is 14.4 Å². The van der Waals surface area contributed by atoms with E-state index < -0.39 is 8.80 Å². The van der Waals surface area contributed by atoms with E-state index in [1.165, 1.54) is 57.8 Å². The van der Waals surface area contributed by atoms with Crippen LogP contribution in [-0.2, 0) is 0 Å². The van der Waals surface area contributed by atoms with Crippen molar-refractivity contribution in [2.24, 2.45) is 0 Å². The molecule has 4 N–H and O–H groups in total. The van der Waals surface area contributed by atoms with Gasteiger partial charge in [0.25, 0.3) is 0 Å². The maximum atomic E-state index is 8.77. The summed E-state index contributed by atoms with van der Waals surface area (Å²) in [5.41, 5.74) is 0. The highest BCUT2D eigenvalue weighted by Crippen LogP contribution is 2.10. The maximum Gasteiger partial charge on any atom is 0.507 e. The van der Waals surface area contributed by atoms with Gasteiger partial charge in [0, 0.05) is 0 Å². The van der Waals surface area contributed by atoms with Crippen molar-refractivity contribution in [1.82, 2.24) is 5.32 Å². The Morgan fingerprint density at radius 3 is 1.61 bits per heavy atom. The van der Waals surface area contributed by atoms with Crippen LogP contribution in [0.15, 0.2) is 0 Å². The van der Waals surface area contributed by atoms with Gasteiger partial charge < -0.3 is 19.7 Å². The van der Waals surface area contributed by atoms with Gasteiger partial charge in [0.05, 0.1) is 6.17 Å². The summed E-state index contributed by atoms with van der Waals surface area (Å²) in [7, 11) is -3.87. The summed E-state index contributed by atoms with van der Waals surface area (Å²) in [6.45, 7) is 3.00. The normalized spacial score (nSPS) is 12.0. The highest BCUT2D eigenvalue weighted by Gasteiger charge is 2.25. The Bertz CT molecular complexity index is 174. The molecule has 4 nitrogen and oxygen atoms in total. The van der Waals surface area contributed by atoms with E-state index in [9.17, 15) is 0 Å². The lowest BCUT2D eigenvalue weighted by Gasteiger charge is -2.10. The van der Waals surface area contributed by atoms with Gasteiger partial charge in [-0.2, -0.15) is 0 Å². The first-order valence-corrected chi connectivity index (χ1v) is 9.49. The zero-order chi connectivity index (χ0) is 13.7. The fraction of sp³-hybridized carbons (Fsp3) is 1.00. The Kier molecular flexibility index (Phi) is 12.1. The zero-order valence-corrected chi connectivity index (χ0v) is 12.8. The fourth-order valence-electron chi connectivity index (χ4n) is 1.99. The third-order valence-corrected chi connectivity index (χ3v) is 3.79. The predicted octanol–water partition coefficient (Wildman–Crippen LogP) is 1.95. The standard InChI is InChI=1S/C13H31NO3Si/c1-2-3-4-5-6-7-8-9-10-11-12-14-13-18(15,16)17/h14-17H,2-13H2,1H3. The van der Waals surface area contributed by atoms with Gasteiger partial charge in [-0.25, -0.2) is 0 Å². The van der Waals surface area contributed by atoms with Crippen molar-refractivity contribution in [1.29, 1.82) is 0 Å². The molecule has 0 aromatic heterocycles. The van der Waals surface area contributed by atoms with Crippen molar-refractivity contribution in [3.05, 3.63) is 0 Å². The van der Waals surface area contributed by atoms with Gasteiger partial charge in [-0.3, -0.25) is 0 Å². The van der Waals surface area contributed by atoms with Gasteiger partial charge >= 0.3 is 8.80 Å². The molecule has 0 aliphatic heterocycles. The van der Waals surface area contributed by atoms with E-state index in [1.54, 1.807) is 0 Å². The fourth-order valence-corrected chi connectivity index (χ4v) is 2.51. The minimum Gasteiger partial charge on any atom is -0.389 e. The molecule has 110 valence electrons. The van der Waals surface area contributed by atoms with E-state index >= 15 is 0 Å². The zero-order valence-electron chi connectivity index (χ0n) is 11.8. The molecule has 0 fully saturated rings. The minimum atomic E-state index is -3.87. The molecular weight excluding hydrogens is 246 g/mol. The number of nitrogens with one attached hydrogen (secondary N) is 1. The first-order chi connectivity index (χ1) is 8.56. The lowest BCUT2D eigenvalue weighted by molar-refractivity contribution is 0.224. The maximum absolute atomic E-state index is 8.77. The second-order valence-electron chi connectivity index (χ2n) is 5.13. The molecule has 18 heavy (non-hydrogen) atoms. The van der Waals surface area contributed by atoms with Crippen LogP contribution < -0.4 is 5.32 Å². The van der Waals surface area contributed by atoms with Crippen molar-refractivity contribution in [3.63, 3.8) is 0 Å². The molecule has 0 aromatic rings. The smallest absolute Gasteiger partial charge is 0.389 e. The molecule has 5 heteroatoms. The largest absolute Gasteiger partial charge is 0.507 e. The molecule has 0 saturated heterocycles. The molecule has 0 aromatic carbocycles. The lowest BCUT2D eigenvalue weighted by Crippen LogP contribution is -2.46. The van der Waals surface area contributed by atoms with Gasteiger partial charge in [0.2, 0.25) is 0 Å². The van der Waals surface area contributed by atoms with Crippen LogP contribution in [0.4, 0.5) is 0 Å². The summed E-state index contributed by atoms with van der Waals surface area (Å²) in [5.74, 6) is 0. The number of unbranched alkanes of at least 4 members (excludes halogenated alkanes) is 9. The second-order valence-corrected chi connectivity index (χ2v) is 7.04. The Hall–Kier alpha value is 0.0569. The average molecular weight is 277 g/mol. The molecule has 0 bridgehead atoms. The summed E-state index contributed by atoms with van der Waals surface area (Å²) < 4.78 is 0. The Labute approximate surface area is 113 Å². The van der Waals surface area contributed by atoms with Gasteiger partial charge in [-0.05, 0) is 13.0 Å². The average Bonchev–Trinajstić information content (AvgIpc) is 2.29. The Balaban J connectivity index is 2.99. The van der Waals surface area contributed by atoms with Gasteiger partial charge in [0.15, 0.2) is 0 Å². The van der Waals surface area contributed by atoms with E-state index in [2.05, 4.69) is 12.2 Å². The first-order valence-electron chi connectivity index (χ1n) is 7.44. The molecule has 0 saturated carbocycles. The molecule has 0 unspecified atom stereocenters. The van der Waals surface area contributed by atoms with Crippen LogP contribution in [0, 0.1) is 0 Å². The lowest BCUT2D eigenvalue weighted by atomic mass is 10.1. The van der Waals surface area contributed by atoms with Gasteiger partial charge in [0.1, 0.15) is 0 Å². The van der Waals surface area contributed by atoms with E-state index in [0.717, 1.165) is 13.0 Å². The Morgan fingerprint density at radius 1 is 0.722 bits per heavy atom. The summed E-state index contributed by atoms with van der Waals surface area (Å²) in [6, 6.07) is 0. The highest BCUT2D eigenvalue weighted by molar-refractivity contribution is 6.56. The molecule has 0 radical (unpaired) electrons. The second kappa shape index (κ2) is 12.1. The van der Waals surface area contributed by atoms with Crippen LogP contribution in [0.2, 0.25) is 0 Å². The summed E-state index contributed by atoms with van der Waals surface area (Å²) in [6.07, 6.45) is 12.9.